The van der Waals surface area contributed by atoms with Gasteiger partial charge in [0, 0.05) is 0 Å². The summed E-state index contributed by atoms with van der Waals surface area (Å²) < 4.78 is 25.5. The second-order valence-corrected chi connectivity index (χ2v) is 3.33. The summed E-state index contributed by atoms with van der Waals surface area (Å²) in [5.41, 5.74) is 0.238. The molecule has 0 heterocycles. The highest BCUT2D eigenvalue weighted by molar-refractivity contribution is 6.44. The van der Waals surface area contributed by atoms with Gasteiger partial charge in [-0.15, -0.1) is 0 Å². The Balaban J connectivity index is 3.60. The zero-order valence-electron chi connectivity index (χ0n) is 5.89. The maximum atomic E-state index is 12.8. The fraction of sp³-hybridized carbons (Fsp3) is 0.143. The molecule has 5 heteroatoms. The third-order valence-electron chi connectivity index (χ3n) is 1.43. The van der Waals surface area contributed by atoms with Crippen molar-refractivity contribution < 1.29 is 8.78 Å². The van der Waals surface area contributed by atoms with Crippen molar-refractivity contribution in [1.82, 2.24) is 0 Å². The largest absolute Gasteiger partial charge is 0.202 e. The van der Waals surface area contributed by atoms with Crippen molar-refractivity contribution in [2.45, 2.75) is 6.92 Å². The first-order valence-electron chi connectivity index (χ1n) is 2.94. The monoisotopic (exact) mass is 230 g/mol. The van der Waals surface area contributed by atoms with Crippen LogP contribution in [0.3, 0.4) is 0 Å². The van der Waals surface area contributed by atoms with E-state index < -0.39 is 16.7 Å². The van der Waals surface area contributed by atoms with Gasteiger partial charge in [0.15, 0.2) is 11.6 Å². The molecule has 0 amide bonds. The topological polar surface area (TPSA) is 0 Å². The zero-order chi connectivity index (χ0) is 9.46. The van der Waals surface area contributed by atoms with Crippen LogP contribution in [0.25, 0.3) is 0 Å². The third-order valence-corrected chi connectivity index (χ3v) is 2.80. The zero-order valence-corrected chi connectivity index (χ0v) is 8.16. The van der Waals surface area contributed by atoms with Crippen LogP contribution >= 0.6 is 34.8 Å². The molecule has 0 fully saturated rings. The average molecular weight is 231 g/mol. The highest BCUT2D eigenvalue weighted by Crippen LogP contribution is 2.35. The van der Waals surface area contributed by atoms with E-state index in [0.717, 1.165) is 0 Å². The number of benzene rings is 1. The summed E-state index contributed by atoms with van der Waals surface area (Å²) in [5, 5.41) is -0.821. The Labute approximate surface area is 83.0 Å². The van der Waals surface area contributed by atoms with Gasteiger partial charge in [0.05, 0.1) is 15.1 Å². The lowest BCUT2D eigenvalue weighted by atomic mass is 10.2. The molecule has 0 atom stereocenters. The van der Waals surface area contributed by atoms with Crippen LogP contribution in [0.5, 0.6) is 0 Å². The molecule has 0 N–H and O–H groups in total. The molecule has 0 bridgehead atoms. The highest BCUT2D eigenvalue weighted by atomic mass is 35.5. The van der Waals surface area contributed by atoms with Gasteiger partial charge < -0.3 is 0 Å². The minimum Gasteiger partial charge on any atom is -0.202 e. The molecule has 0 aliphatic carbocycles. The molecule has 1 aromatic carbocycles. The normalized spacial score (nSPS) is 10.5. The first kappa shape index (κ1) is 10.0. The van der Waals surface area contributed by atoms with Crippen molar-refractivity contribution in [3.8, 4) is 0 Å². The molecular formula is C7H3Cl3F2. The van der Waals surface area contributed by atoms with Crippen molar-refractivity contribution in [1.29, 1.82) is 0 Å². The van der Waals surface area contributed by atoms with Crippen LogP contribution in [0.4, 0.5) is 8.78 Å². The Morgan fingerprint density at radius 3 is 1.75 bits per heavy atom. The van der Waals surface area contributed by atoms with Crippen molar-refractivity contribution in [2.24, 2.45) is 0 Å². The summed E-state index contributed by atoms with van der Waals surface area (Å²) >= 11 is 16.3. The van der Waals surface area contributed by atoms with Gasteiger partial charge in [0.2, 0.25) is 0 Å². The van der Waals surface area contributed by atoms with Crippen LogP contribution in [-0.2, 0) is 0 Å². The smallest absolute Gasteiger partial charge is 0.180 e. The first-order valence-corrected chi connectivity index (χ1v) is 4.08. The minimum atomic E-state index is -1.21. The highest BCUT2D eigenvalue weighted by Gasteiger charge is 2.18. The predicted octanol–water partition coefficient (Wildman–Crippen LogP) is 4.23. The number of rotatable bonds is 0. The summed E-state index contributed by atoms with van der Waals surface area (Å²) in [4.78, 5) is 0. The Hall–Kier alpha value is -0.0500. The summed E-state index contributed by atoms with van der Waals surface area (Å²) in [7, 11) is 0. The van der Waals surface area contributed by atoms with Crippen LogP contribution in [0.15, 0.2) is 0 Å². The fourth-order valence-corrected chi connectivity index (χ4v) is 1.34. The summed E-state index contributed by atoms with van der Waals surface area (Å²) in [6, 6.07) is 0. The maximum Gasteiger partial charge on any atom is 0.180 e. The van der Waals surface area contributed by atoms with Gasteiger partial charge in [-0.3, -0.25) is 0 Å². The fourth-order valence-electron chi connectivity index (χ4n) is 0.715. The Morgan fingerprint density at radius 1 is 0.833 bits per heavy atom. The van der Waals surface area contributed by atoms with E-state index in [9.17, 15) is 8.78 Å². The first-order chi connectivity index (χ1) is 5.46. The Morgan fingerprint density at radius 2 is 1.25 bits per heavy atom. The van der Waals surface area contributed by atoms with Crippen molar-refractivity contribution in [3.05, 3.63) is 32.3 Å². The van der Waals surface area contributed by atoms with E-state index >= 15 is 0 Å². The van der Waals surface area contributed by atoms with Crippen LogP contribution in [0, 0.1) is 18.6 Å². The lowest BCUT2D eigenvalue weighted by Crippen LogP contribution is -1.92. The molecule has 0 spiro atoms. The van der Waals surface area contributed by atoms with Gasteiger partial charge in [0.1, 0.15) is 0 Å². The van der Waals surface area contributed by atoms with E-state index in [1.165, 1.54) is 6.92 Å². The van der Waals surface area contributed by atoms with Gasteiger partial charge in [-0.05, 0) is 12.5 Å². The van der Waals surface area contributed by atoms with E-state index in [2.05, 4.69) is 0 Å². The maximum absolute atomic E-state index is 12.8. The molecule has 1 aromatic rings. The van der Waals surface area contributed by atoms with Gasteiger partial charge in [0.25, 0.3) is 0 Å². The van der Waals surface area contributed by atoms with Crippen LogP contribution in [-0.4, -0.2) is 0 Å². The van der Waals surface area contributed by atoms with Gasteiger partial charge in [-0.2, -0.15) is 0 Å². The molecule has 0 saturated carbocycles. The van der Waals surface area contributed by atoms with E-state index in [0.29, 0.717) is 0 Å². The standard InChI is InChI=1S/C7H3Cl3F2/c1-2-3(8)5(10)7(12)6(11)4(2)9/h1H3. The van der Waals surface area contributed by atoms with Gasteiger partial charge in [-0.1, -0.05) is 34.8 Å². The Bertz CT molecular complexity index is 231. The van der Waals surface area contributed by atoms with Crippen molar-refractivity contribution in [3.63, 3.8) is 0 Å². The molecule has 0 aliphatic heterocycles. The van der Waals surface area contributed by atoms with E-state index in [1.54, 1.807) is 0 Å². The third kappa shape index (κ3) is 1.39. The predicted molar refractivity (Wildman–Crippen MR) is 46.1 cm³/mol. The second kappa shape index (κ2) is 3.36. The van der Waals surface area contributed by atoms with Crippen LogP contribution < -0.4 is 0 Å². The summed E-state index contributed by atoms with van der Waals surface area (Å²) in [6.07, 6.45) is 0. The molecule has 0 nitrogen and oxygen atoms in total. The summed E-state index contributed by atoms with van der Waals surface area (Å²) in [5.74, 6) is -2.37. The van der Waals surface area contributed by atoms with Crippen LogP contribution in [0.1, 0.15) is 5.56 Å². The molecular weight excluding hydrogens is 228 g/mol. The average Bonchev–Trinajstić information content (AvgIpc) is 2.08. The Kier molecular flexibility index (Phi) is 2.81. The lowest BCUT2D eigenvalue weighted by Gasteiger charge is -2.05. The van der Waals surface area contributed by atoms with Gasteiger partial charge >= 0.3 is 0 Å². The van der Waals surface area contributed by atoms with Crippen LogP contribution in [0.2, 0.25) is 15.1 Å². The molecule has 12 heavy (non-hydrogen) atoms. The number of hydrogen-bond acceptors (Lipinski definition) is 0. The van der Waals surface area contributed by atoms with Crippen molar-refractivity contribution >= 4 is 34.8 Å². The molecule has 0 aromatic heterocycles. The minimum absolute atomic E-state index is 0.0550. The molecule has 0 aliphatic rings. The lowest BCUT2D eigenvalue weighted by molar-refractivity contribution is 0.508. The van der Waals surface area contributed by atoms with E-state index in [4.69, 9.17) is 34.8 Å². The SMILES string of the molecule is Cc1c(Cl)c(F)c(F)c(Cl)c1Cl. The number of hydrogen-bond donors (Lipinski definition) is 0. The molecule has 0 radical (unpaired) electrons. The molecule has 1 rings (SSSR count). The molecule has 0 unspecified atom stereocenters. The van der Waals surface area contributed by atoms with Gasteiger partial charge in [-0.25, -0.2) is 8.78 Å². The molecule has 0 saturated heterocycles. The summed E-state index contributed by atoms with van der Waals surface area (Å²) in [6.45, 7) is 1.46. The molecule has 66 valence electrons. The van der Waals surface area contributed by atoms with E-state index in [-0.39, 0.29) is 15.6 Å². The number of halogens is 5. The second-order valence-electron chi connectivity index (χ2n) is 2.19. The van der Waals surface area contributed by atoms with E-state index in [1.807, 2.05) is 0 Å². The quantitative estimate of drug-likeness (QED) is 0.463. The van der Waals surface area contributed by atoms with Crippen molar-refractivity contribution in [2.75, 3.05) is 0 Å².